The zero-order valence-electron chi connectivity index (χ0n) is 17.0. The van der Waals surface area contributed by atoms with Crippen molar-refractivity contribution >= 4 is 29.5 Å². The molecule has 27 heavy (non-hydrogen) atoms. The molecule has 1 saturated heterocycles. The first-order valence-corrected chi connectivity index (χ1v) is 12.8. The molecule has 1 N–H and O–H groups in total. The SMILES string of the molecule is CN(C)[P@]1(=S)C2=C([NH+]3CCCCC3)CC(C)(C)CC2=NN1c1ccccc1. The van der Waals surface area contributed by atoms with Gasteiger partial charge >= 0.3 is 0 Å². The lowest BCUT2D eigenvalue weighted by Crippen LogP contribution is -3.11. The number of nitrogens with one attached hydrogen (secondary N) is 1. The Morgan fingerprint density at radius 3 is 2.37 bits per heavy atom. The van der Waals surface area contributed by atoms with Gasteiger partial charge in [0, 0.05) is 6.42 Å². The van der Waals surface area contributed by atoms with Crippen LogP contribution in [0.3, 0.4) is 0 Å². The maximum Gasteiger partial charge on any atom is 0.157 e. The summed E-state index contributed by atoms with van der Waals surface area (Å²) in [6, 6.07) is 10.5. The predicted octanol–water partition coefficient (Wildman–Crippen LogP) is 3.83. The van der Waals surface area contributed by atoms with Crippen LogP contribution in [0.2, 0.25) is 0 Å². The minimum Gasteiger partial charge on any atom is -0.305 e. The minimum atomic E-state index is -2.13. The highest BCUT2D eigenvalue weighted by atomic mass is 32.4. The number of piperidine rings is 1. The van der Waals surface area contributed by atoms with Gasteiger partial charge in [-0.3, -0.25) is 4.67 Å². The fourth-order valence-electron chi connectivity index (χ4n) is 4.75. The molecule has 4 nitrogen and oxygen atoms in total. The largest absolute Gasteiger partial charge is 0.305 e. The summed E-state index contributed by atoms with van der Waals surface area (Å²) in [7, 11) is 4.29. The van der Waals surface area contributed by atoms with Crippen LogP contribution in [0.4, 0.5) is 5.69 Å². The number of anilines is 1. The van der Waals surface area contributed by atoms with Gasteiger partial charge in [-0.2, -0.15) is 5.10 Å². The van der Waals surface area contributed by atoms with Crippen LogP contribution in [0.5, 0.6) is 0 Å². The van der Waals surface area contributed by atoms with E-state index in [-0.39, 0.29) is 5.41 Å². The fraction of sp³-hybridized carbons (Fsp3) is 0.571. The molecule has 0 bridgehead atoms. The number of hydrogen-bond acceptors (Lipinski definition) is 2. The van der Waals surface area contributed by atoms with Crippen LogP contribution in [-0.4, -0.2) is 37.6 Å². The number of hydrazone groups is 1. The summed E-state index contributed by atoms with van der Waals surface area (Å²) in [5, 5.41) is 6.60. The van der Waals surface area contributed by atoms with Crippen molar-refractivity contribution in [3.8, 4) is 0 Å². The summed E-state index contributed by atoms with van der Waals surface area (Å²) in [4.78, 5) is 1.67. The van der Waals surface area contributed by atoms with E-state index in [4.69, 9.17) is 16.9 Å². The summed E-state index contributed by atoms with van der Waals surface area (Å²) >= 11 is 6.49. The van der Waals surface area contributed by atoms with Gasteiger partial charge in [-0.1, -0.05) is 32.0 Å². The highest BCUT2D eigenvalue weighted by Gasteiger charge is 2.50. The maximum absolute atomic E-state index is 6.49. The molecule has 146 valence electrons. The minimum absolute atomic E-state index is 0.251. The van der Waals surface area contributed by atoms with Crippen LogP contribution in [0.15, 0.2) is 46.4 Å². The normalized spacial score (nSPS) is 28.5. The van der Waals surface area contributed by atoms with Crippen LogP contribution in [0, 0.1) is 5.41 Å². The molecule has 0 spiro atoms. The van der Waals surface area contributed by atoms with E-state index in [1.807, 2.05) is 0 Å². The molecule has 0 saturated carbocycles. The van der Waals surface area contributed by atoms with E-state index in [0.29, 0.717) is 0 Å². The fourth-order valence-corrected chi connectivity index (χ4v) is 8.44. The second kappa shape index (κ2) is 7.11. The topological polar surface area (TPSA) is 23.3 Å². The van der Waals surface area contributed by atoms with Crippen LogP contribution < -0.4 is 9.68 Å². The molecule has 0 radical (unpaired) electrons. The monoisotopic (exact) mass is 403 g/mol. The molecule has 1 atom stereocenters. The number of fused-ring (bicyclic) bond motifs is 1. The number of para-hydroxylation sites is 1. The lowest BCUT2D eigenvalue weighted by molar-refractivity contribution is -0.868. The van der Waals surface area contributed by atoms with Crippen molar-refractivity contribution in [3.63, 3.8) is 0 Å². The van der Waals surface area contributed by atoms with E-state index in [0.717, 1.165) is 18.5 Å². The van der Waals surface area contributed by atoms with E-state index in [1.165, 1.54) is 43.4 Å². The van der Waals surface area contributed by atoms with Crippen molar-refractivity contribution in [3.05, 3.63) is 41.3 Å². The van der Waals surface area contributed by atoms with Crippen molar-refractivity contribution in [1.29, 1.82) is 0 Å². The number of rotatable bonds is 3. The second-order valence-electron chi connectivity index (χ2n) is 9.07. The van der Waals surface area contributed by atoms with Crippen LogP contribution in [-0.2, 0) is 11.8 Å². The van der Waals surface area contributed by atoms with Crippen LogP contribution >= 0.6 is 6.34 Å². The van der Waals surface area contributed by atoms with Gasteiger partial charge in [0.1, 0.15) is 5.70 Å². The summed E-state index contributed by atoms with van der Waals surface area (Å²) in [6.45, 7) is 7.27. The molecule has 4 rings (SSSR count). The predicted molar refractivity (Wildman–Crippen MR) is 119 cm³/mol. The van der Waals surface area contributed by atoms with Gasteiger partial charge in [0.25, 0.3) is 0 Å². The zero-order valence-corrected chi connectivity index (χ0v) is 18.7. The summed E-state index contributed by atoms with van der Waals surface area (Å²) in [5.41, 5.74) is 4.19. The van der Waals surface area contributed by atoms with Crippen molar-refractivity contribution in [2.45, 2.75) is 46.0 Å². The first-order valence-electron chi connectivity index (χ1n) is 10.1. The quantitative estimate of drug-likeness (QED) is 0.776. The molecule has 2 aliphatic heterocycles. The number of quaternary nitrogens is 1. The molecule has 0 amide bonds. The highest BCUT2D eigenvalue weighted by Crippen LogP contribution is 2.67. The van der Waals surface area contributed by atoms with E-state index >= 15 is 0 Å². The van der Waals surface area contributed by atoms with Crippen LogP contribution in [0.1, 0.15) is 46.0 Å². The molecule has 1 fully saturated rings. The van der Waals surface area contributed by atoms with Gasteiger partial charge in [0.05, 0.1) is 29.8 Å². The first kappa shape index (κ1) is 19.3. The third-order valence-corrected chi connectivity index (χ3v) is 11.1. The van der Waals surface area contributed by atoms with Gasteiger partial charge in [0.15, 0.2) is 6.34 Å². The van der Waals surface area contributed by atoms with Crippen molar-refractivity contribution < 1.29 is 4.90 Å². The van der Waals surface area contributed by atoms with Crippen molar-refractivity contribution in [2.24, 2.45) is 10.5 Å². The summed E-state index contributed by atoms with van der Waals surface area (Å²) in [5.74, 6) is 0. The smallest absolute Gasteiger partial charge is 0.157 e. The number of benzene rings is 1. The Morgan fingerprint density at radius 2 is 1.74 bits per heavy atom. The third kappa shape index (κ3) is 3.33. The third-order valence-electron chi connectivity index (χ3n) is 6.04. The molecule has 0 aromatic heterocycles. The molecule has 2 heterocycles. The average molecular weight is 404 g/mol. The molecule has 3 aliphatic rings. The molecular weight excluding hydrogens is 371 g/mol. The highest BCUT2D eigenvalue weighted by molar-refractivity contribution is 8.16. The van der Waals surface area contributed by atoms with Gasteiger partial charge in [0.2, 0.25) is 0 Å². The summed E-state index contributed by atoms with van der Waals surface area (Å²) < 4.78 is 4.47. The molecule has 1 aromatic carbocycles. The van der Waals surface area contributed by atoms with Crippen molar-refractivity contribution in [1.82, 2.24) is 4.67 Å². The van der Waals surface area contributed by atoms with Crippen molar-refractivity contribution in [2.75, 3.05) is 32.0 Å². The molecule has 0 unspecified atom stereocenters. The molecule has 1 aromatic rings. The van der Waals surface area contributed by atoms with Gasteiger partial charge < -0.3 is 4.90 Å². The Balaban J connectivity index is 1.90. The van der Waals surface area contributed by atoms with Gasteiger partial charge in [-0.15, -0.1) is 0 Å². The van der Waals surface area contributed by atoms with E-state index < -0.39 is 6.34 Å². The standard InChI is InChI=1S/C21H31N4PS/c1-21(2)15-18-20(19(16-21)24-13-9-6-10-14-24)26(27,23(3)4)25(22-18)17-11-7-5-8-12-17/h5,7-8,11-12H,6,9-10,13-16H2,1-4H3/p+1/t26-/m1/s1. The Morgan fingerprint density at radius 1 is 1.07 bits per heavy atom. The maximum atomic E-state index is 6.49. The lowest BCUT2D eigenvalue weighted by Gasteiger charge is -2.40. The van der Waals surface area contributed by atoms with E-state index in [2.05, 4.69) is 67.7 Å². The van der Waals surface area contributed by atoms with Gasteiger partial charge in [-0.05, 0) is 69.1 Å². The van der Waals surface area contributed by atoms with Crippen LogP contribution in [0.25, 0.3) is 0 Å². The second-order valence-corrected chi connectivity index (χ2v) is 13.3. The zero-order chi connectivity index (χ0) is 19.2. The number of hydrogen-bond donors (Lipinski definition) is 1. The number of allylic oxidation sites excluding steroid dienone is 2. The number of likely N-dealkylation sites (tertiary alicyclic amines) is 1. The average Bonchev–Trinajstić information content (AvgIpc) is 2.95. The van der Waals surface area contributed by atoms with E-state index in [1.54, 1.807) is 10.6 Å². The first-order chi connectivity index (χ1) is 12.8. The molecule has 1 aliphatic carbocycles. The van der Waals surface area contributed by atoms with E-state index in [9.17, 15) is 0 Å². The number of nitrogens with zero attached hydrogens (tertiary/aromatic N) is 3. The summed E-state index contributed by atoms with van der Waals surface area (Å²) in [6.07, 6.45) is 4.06. The molecule has 6 heteroatoms. The van der Waals surface area contributed by atoms with Gasteiger partial charge in [-0.25, -0.2) is 4.78 Å². The Hall–Kier alpha value is -1.00. The Kier molecular flexibility index (Phi) is 5.09. The Bertz CT molecular complexity index is 822. The Labute approximate surface area is 169 Å². The molecular formula is C21H32N4PS+. The lowest BCUT2D eigenvalue weighted by atomic mass is 9.78.